The number of nitrogens with zero attached hydrogens (tertiary/aromatic N) is 1. The fourth-order valence-corrected chi connectivity index (χ4v) is 2.92. The highest BCUT2D eigenvalue weighted by Crippen LogP contribution is 2.22. The quantitative estimate of drug-likeness (QED) is 0.574. The summed E-state index contributed by atoms with van der Waals surface area (Å²) in [6, 6.07) is -0.954. The number of nitrogens with one attached hydrogen (secondary N) is 2. The van der Waals surface area contributed by atoms with E-state index in [1.807, 2.05) is 27.7 Å². The second-order valence-corrected chi connectivity index (χ2v) is 7.31. The predicted molar refractivity (Wildman–Crippen MR) is 101 cm³/mol. The summed E-state index contributed by atoms with van der Waals surface area (Å²) < 4.78 is 4.75. The summed E-state index contributed by atoms with van der Waals surface area (Å²) in [6.07, 6.45) is 0. The lowest BCUT2D eigenvalue weighted by molar-refractivity contribution is 0.0593. The van der Waals surface area contributed by atoms with Crippen LogP contribution in [0.2, 0.25) is 0 Å². The Labute approximate surface area is 155 Å². The molecule has 1 aromatic heterocycles. The number of aromatic nitrogens is 1. The first-order chi connectivity index (χ1) is 12.0. The summed E-state index contributed by atoms with van der Waals surface area (Å²) >= 11 is 0. The molecule has 7 heteroatoms. The molecule has 0 saturated heterocycles. The van der Waals surface area contributed by atoms with E-state index < -0.39 is 12.0 Å². The van der Waals surface area contributed by atoms with Gasteiger partial charge in [0.2, 0.25) is 0 Å². The second-order valence-electron chi connectivity index (χ2n) is 7.31. The lowest BCUT2D eigenvalue weighted by Crippen LogP contribution is -2.51. The van der Waals surface area contributed by atoms with Gasteiger partial charge in [-0.1, -0.05) is 13.8 Å². The number of H-pyrrole nitrogens is 1. The third-order valence-corrected chi connectivity index (χ3v) is 4.16. The normalized spacial score (nSPS) is 12.2. The smallest absolute Gasteiger partial charge is 0.354 e. The van der Waals surface area contributed by atoms with Crippen molar-refractivity contribution in [2.75, 3.05) is 13.7 Å². The van der Waals surface area contributed by atoms with E-state index in [2.05, 4.69) is 10.3 Å². The SMILES string of the molecule is COC(=O)c1[nH]c(C)c(C(=O)C(C)N(CC(C)C)C(=O)NC(C)C)c1C. The first-order valence-corrected chi connectivity index (χ1v) is 8.90. The molecule has 0 aromatic carbocycles. The molecule has 0 aliphatic carbocycles. The molecule has 1 aromatic rings. The maximum atomic E-state index is 13.1. The minimum atomic E-state index is -0.658. The van der Waals surface area contributed by atoms with E-state index in [4.69, 9.17) is 4.74 Å². The van der Waals surface area contributed by atoms with E-state index >= 15 is 0 Å². The molecule has 0 fully saturated rings. The van der Waals surface area contributed by atoms with Crippen LogP contribution in [0.1, 0.15) is 66.7 Å². The van der Waals surface area contributed by atoms with Crippen LogP contribution < -0.4 is 5.32 Å². The Bertz CT molecular complexity index is 677. The van der Waals surface area contributed by atoms with Gasteiger partial charge in [0.05, 0.1) is 13.2 Å². The van der Waals surface area contributed by atoms with E-state index in [9.17, 15) is 14.4 Å². The van der Waals surface area contributed by atoms with Crippen molar-refractivity contribution in [1.82, 2.24) is 15.2 Å². The number of urea groups is 1. The van der Waals surface area contributed by atoms with Crippen LogP contribution in [0, 0.1) is 19.8 Å². The number of carbonyl (C=O) groups excluding carboxylic acids is 3. The topological polar surface area (TPSA) is 91.5 Å². The van der Waals surface area contributed by atoms with Crippen LogP contribution >= 0.6 is 0 Å². The van der Waals surface area contributed by atoms with Crippen molar-refractivity contribution >= 4 is 17.8 Å². The molecule has 1 atom stereocenters. The Balaban J connectivity index is 3.22. The summed E-state index contributed by atoms with van der Waals surface area (Å²) in [5.41, 5.74) is 1.83. The Morgan fingerprint density at radius 3 is 2.15 bits per heavy atom. The molecule has 7 nitrogen and oxygen atoms in total. The number of ether oxygens (including phenoxy) is 1. The highest BCUT2D eigenvalue weighted by Gasteiger charge is 2.31. The largest absolute Gasteiger partial charge is 0.464 e. The summed E-state index contributed by atoms with van der Waals surface area (Å²) in [4.78, 5) is 42.0. The first kappa shape index (κ1) is 21.7. The molecule has 146 valence electrons. The van der Waals surface area contributed by atoms with E-state index in [1.54, 1.807) is 25.7 Å². The lowest BCUT2D eigenvalue weighted by atomic mass is 9.99. The monoisotopic (exact) mass is 365 g/mol. The Morgan fingerprint density at radius 2 is 1.69 bits per heavy atom. The Kier molecular flexibility index (Phi) is 7.41. The summed E-state index contributed by atoms with van der Waals surface area (Å²) in [7, 11) is 1.29. The highest BCUT2D eigenvalue weighted by atomic mass is 16.5. The molecule has 0 aliphatic rings. The minimum Gasteiger partial charge on any atom is -0.464 e. The molecular formula is C19H31N3O4. The number of rotatable bonds is 7. The van der Waals surface area contributed by atoms with Gasteiger partial charge in [-0.15, -0.1) is 0 Å². The van der Waals surface area contributed by atoms with Gasteiger partial charge < -0.3 is 19.9 Å². The highest BCUT2D eigenvalue weighted by molar-refractivity contribution is 6.06. The van der Waals surface area contributed by atoms with Gasteiger partial charge in [0.25, 0.3) is 0 Å². The standard InChI is InChI=1S/C19H31N3O4/c1-10(2)9-22(19(25)20-11(3)4)14(7)17(23)15-12(5)16(18(24)26-8)21-13(15)6/h10-11,14,21H,9H2,1-8H3,(H,20,25). The average molecular weight is 365 g/mol. The van der Waals surface area contributed by atoms with Crippen LogP contribution in [0.4, 0.5) is 4.79 Å². The zero-order chi connectivity index (χ0) is 20.2. The van der Waals surface area contributed by atoms with Crippen LogP contribution in [0.5, 0.6) is 0 Å². The van der Waals surface area contributed by atoms with Gasteiger partial charge in [0.15, 0.2) is 5.78 Å². The van der Waals surface area contributed by atoms with Gasteiger partial charge in [-0.3, -0.25) is 4.79 Å². The summed E-state index contributed by atoms with van der Waals surface area (Å²) in [6.45, 7) is 13.4. The number of carbonyl (C=O) groups is 3. The Hall–Kier alpha value is -2.31. The zero-order valence-corrected chi connectivity index (χ0v) is 17.0. The molecule has 0 saturated carbocycles. The molecule has 0 spiro atoms. The van der Waals surface area contributed by atoms with Gasteiger partial charge in [-0.05, 0) is 46.1 Å². The van der Waals surface area contributed by atoms with Crippen LogP contribution in [0.15, 0.2) is 0 Å². The van der Waals surface area contributed by atoms with E-state index in [0.717, 1.165) is 0 Å². The van der Waals surface area contributed by atoms with Crippen molar-refractivity contribution in [1.29, 1.82) is 0 Å². The number of aryl methyl sites for hydroxylation is 1. The molecule has 2 N–H and O–H groups in total. The van der Waals surface area contributed by atoms with Crippen LogP contribution in [-0.4, -0.2) is 53.4 Å². The van der Waals surface area contributed by atoms with Crippen molar-refractivity contribution < 1.29 is 19.1 Å². The molecule has 2 amide bonds. The number of aromatic amines is 1. The van der Waals surface area contributed by atoms with Crippen LogP contribution in [0.25, 0.3) is 0 Å². The van der Waals surface area contributed by atoms with E-state index in [-0.39, 0.29) is 29.5 Å². The number of hydrogen-bond donors (Lipinski definition) is 2. The van der Waals surface area contributed by atoms with Crippen LogP contribution in [0.3, 0.4) is 0 Å². The summed E-state index contributed by atoms with van der Waals surface area (Å²) in [5, 5.41) is 2.85. The fourth-order valence-electron chi connectivity index (χ4n) is 2.92. The number of Topliss-reactive ketones (excluding diaryl/α,β-unsaturated/α-hetero) is 1. The van der Waals surface area contributed by atoms with Crippen molar-refractivity contribution in [3.63, 3.8) is 0 Å². The molecule has 0 aliphatic heterocycles. The maximum absolute atomic E-state index is 13.1. The number of esters is 1. The molecule has 26 heavy (non-hydrogen) atoms. The lowest BCUT2D eigenvalue weighted by Gasteiger charge is -2.31. The third kappa shape index (κ3) is 4.86. The Morgan fingerprint density at radius 1 is 1.12 bits per heavy atom. The van der Waals surface area contributed by atoms with Crippen molar-refractivity contribution in [2.24, 2.45) is 5.92 Å². The maximum Gasteiger partial charge on any atom is 0.354 e. The molecular weight excluding hydrogens is 334 g/mol. The van der Waals surface area contributed by atoms with Crippen molar-refractivity contribution in [3.05, 3.63) is 22.5 Å². The second kappa shape index (κ2) is 8.87. The molecule has 1 unspecified atom stereocenters. The molecule has 0 bridgehead atoms. The molecule has 1 heterocycles. The number of ketones is 1. The van der Waals surface area contributed by atoms with Gasteiger partial charge in [-0.2, -0.15) is 0 Å². The van der Waals surface area contributed by atoms with Crippen LogP contribution in [-0.2, 0) is 4.74 Å². The number of methoxy groups -OCH3 is 1. The minimum absolute atomic E-state index is 0.0267. The van der Waals surface area contributed by atoms with Gasteiger partial charge in [0.1, 0.15) is 5.69 Å². The van der Waals surface area contributed by atoms with Gasteiger partial charge in [-0.25, -0.2) is 9.59 Å². The molecule has 1 rings (SSSR count). The molecule has 0 radical (unpaired) electrons. The average Bonchev–Trinajstić information content (AvgIpc) is 2.84. The number of amides is 2. The first-order valence-electron chi connectivity index (χ1n) is 8.90. The van der Waals surface area contributed by atoms with Gasteiger partial charge in [0, 0.05) is 23.8 Å². The third-order valence-electron chi connectivity index (χ3n) is 4.16. The summed E-state index contributed by atoms with van der Waals surface area (Å²) in [5.74, 6) is -0.512. The number of hydrogen-bond acceptors (Lipinski definition) is 4. The van der Waals surface area contributed by atoms with Crippen molar-refractivity contribution in [3.8, 4) is 0 Å². The fraction of sp³-hybridized carbons (Fsp3) is 0.632. The van der Waals surface area contributed by atoms with E-state index in [1.165, 1.54) is 7.11 Å². The van der Waals surface area contributed by atoms with E-state index in [0.29, 0.717) is 23.4 Å². The van der Waals surface area contributed by atoms with Crippen molar-refractivity contribution in [2.45, 2.75) is 60.5 Å². The zero-order valence-electron chi connectivity index (χ0n) is 17.0. The van der Waals surface area contributed by atoms with Gasteiger partial charge >= 0.3 is 12.0 Å². The predicted octanol–water partition coefficient (Wildman–Crippen LogP) is 3.07.